The van der Waals surface area contributed by atoms with Gasteiger partial charge in [-0.2, -0.15) is 0 Å². The Morgan fingerprint density at radius 3 is 3.00 bits per heavy atom. The standard InChI is InChI=1S/C8H11NO2S/c1-5(9)4-7-6(8(10)11)2-3-12-7/h2-3,5H,4,9H2,1H3,(H,10,11). The van der Waals surface area contributed by atoms with Crippen LogP contribution in [0.2, 0.25) is 0 Å². The first-order valence-electron chi connectivity index (χ1n) is 3.66. The van der Waals surface area contributed by atoms with Gasteiger partial charge in [0, 0.05) is 10.9 Å². The van der Waals surface area contributed by atoms with Crippen LogP contribution < -0.4 is 5.73 Å². The smallest absolute Gasteiger partial charge is 0.336 e. The van der Waals surface area contributed by atoms with Gasteiger partial charge in [-0.1, -0.05) is 0 Å². The summed E-state index contributed by atoms with van der Waals surface area (Å²) in [5.41, 5.74) is 5.95. The van der Waals surface area contributed by atoms with Crippen molar-refractivity contribution in [1.29, 1.82) is 0 Å². The number of hydrogen-bond acceptors (Lipinski definition) is 3. The molecule has 3 nitrogen and oxygen atoms in total. The highest BCUT2D eigenvalue weighted by Gasteiger charge is 2.11. The highest BCUT2D eigenvalue weighted by atomic mass is 32.1. The van der Waals surface area contributed by atoms with Crippen molar-refractivity contribution in [2.45, 2.75) is 19.4 Å². The van der Waals surface area contributed by atoms with Crippen LogP contribution >= 0.6 is 11.3 Å². The molecule has 3 N–H and O–H groups in total. The van der Waals surface area contributed by atoms with Crippen molar-refractivity contribution in [3.05, 3.63) is 21.9 Å². The van der Waals surface area contributed by atoms with Crippen molar-refractivity contribution in [3.63, 3.8) is 0 Å². The number of carbonyl (C=O) groups is 1. The maximum absolute atomic E-state index is 10.6. The summed E-state index contributed by atoms with van der Waals surface area (Å²) < 4.78 is 0. The molecule has 0 bridgehead atoms. The van der Waals surface area contributed by atoms with Gasteiger partial charge < -0.3 is 10.8 Å². The summed E-state index contributed by atoms with van der Waals surface area (Å²) in [7, 11) is 0. The number of aromatic carboxylic acids is 1. The van der Waals surface area contributed by atoms with Gasteiger partial charge in [-0.3, -0.25) is 0 Å². The van der Waals surface area contributed by atoms with Gasteiger partial charge in [0.05, 0.1) is 5.56 Å². The van der Waals surface area contributed by atoms with Crippen LogP contribution in [0.15, 0.2) is 11.4 Å². The van der Waals surface area contributed by atoms with E-state index in [0.29, 0.717) is 12.0 Å². The monoisotopic (exact) mass is 185 g/mol. The lowest BCUT2D eigenvalue weighted by Gasteiger charge is -2.02. The van der Waals surface area contributed by atoms with Gasteiger partial charge in [-0.25, -0.2) is 4.79 Å². The molecule has 0 radical (unpaired) electrons. The fourth-order valence-corrected chi connectivity index (χ4v) is 1.99. The lowest BCUT2D eigenvalue weighted by atomic mass is 10.1. The van der Waals surface area contributed by atoms with Crippen LogP contribution in [0, 0.1) is 0 Å². The molecule has 0 aliphatic carbocycles. The van der Waals surface area contributed by atoms with E-state index in [1.807, 2.05) is 6.92 Å². The number of hydrogen-bond donors (Lipinski definition) is 2. The topological polar surface area (TPSA) is 63.3 Å². The van der Waals surface area contributed by atoms with Gasteiger partial charge in [-0.05, 0) is 24.8 Å². The molecule has 0 spiro atoms. The molecule has 0 fully saturated rings. The van der Waals surface area contributed by atoms with Gasteiger partial charge in [0.1, 0.15) is 0 Å². The lowest BCUT2D eigenvalue weighted by Crippen LogP contribution is -2.18. The lowest BCUT2D eigenvalue weighted by molar-refractivity contribution is 0.0696. The maximum Gasteiger partial charge on any atom is 0.336 e. The predicted molar refractivity (Wildman–Crippen MR) is 48.6 cm³/mol. The van der Waals surface area contributed by atoms with E-state index in [0.717, 1.165) is 4.88 Å². The average molecular weight is 185 g/mol. The predicted octanol–water partition coefficient (Wildman–Crippen LogP) is 1.34. The molecule has 0 aliphatic heterocycles. The van der Waals surface area contributed by atoms with Crippen molar-refractivity contribution in [2.75, 3.05) is 0 Å². The Labute approximate surface area is 74.8 Å². The zero-order chi connectivity index (χ0) is 9.14. The molecule has 0 aliphatic rings. The van der Waals surface area contributed by atoms with E-state index in [4.69, 9.17) is 10.8 Å². The fraction of sp³-hybridized carbons (Fsp3) is 0.375. The van der Waals surface area contributed by atoms with Crippen molar-refractivity contribution in [2.24, 2.45) is 5.73 Å². The molecule has 0 saturated heterocycles. The van der Waals surface area contributed by atoms with E-state index in [1.54, 1.807) is 11.4 Å². The Morgan fingerprint density at radius 1 is 1.83 bits per heavy atom. The number of carboxylic acids is 1. The fourth-order valence-electron chi connectivity index (χ4n) is 0.982. The Morgan fingerprint density at radius 2 is 2.50 bits per heavy atom. The Kier molecular flexibility index (Phi) is 2.83. The SMILES string of the molecule is CC(N)Cc1sccc1C(=O)O. The second kappa shape index (κ2) is 3.69. The summed E-state index contributed by atoms with van der Waals surface area (Å²) >= 11 is 1.45. The number of carboxylic acid groups (broad SMARTS) is 1. The van der Waals surface area contributed by atoms with Crippen LogP contribution in [0.1, 0.15) is 22.2 Å². The van der Waals surface area contributed by atoms with Gasteiger partial charge >= 0.3 is 5.97 Å². The van der Waals surface area contributed by atoms with Crippen LogP contribution in [0.5, 0.6) is 0 Å². The molecule has 4 heteroatoms. The third kappa shape index (κ3) is 2.06. The molecule has 0 aromatic carbocycles. The van der Waals surface area contributed by atoms with Crippen molar-refractivity contribution in [3.8, 4) is 0 Å². The van der Waals surface area contributed by atoms with Gasteiger partial charge in [0.2, 0.25) is 0 Å². The molecule has 1 heterocycles. The second-order valence-electron chi connectivity index (χ2n) is 2.74. The molecule has 0 amide bonds. The zero-order valence-electron chi connectivity index (χ0n) is 6.78. The van der Waals surface area contributed by atoms with E-state index in [-0.39, 0.29) is 6.04 Å². The number of rotatable bonds is 3. The molecule has 12 heavy (non-hydrogen) atoms. The average Bonchev–Trinajstić information content (AvgIpc) is 2.33. The summed E-state index contributed by atoms with van der Waals surface area (Å²) in [6.07, 6.45) is 0.638. The largest absolute Gasteiger partial charge is 0.478 e. The summed E-state index contributed by atoms with van der Waals surface area (Å²) in [6.45, 7) is 1.87. The van der Waals surface area contributed by atoms with Crippen LogP contribution in [0.3, 0.4) is 0 Å². The first kappa shape index (κ1) is 9.22. The molecule has 1 rings (SSSR count). The molecule has 1 atom stereocenters. The van der Waals surface area contributed by atoms with Crippen LogP contribution in [0.25, 0.3) is 0 Å². The van der Waals surface area contributed by atoms with Gasteiger partial charge in [0.25, 0.3) is 0 Å². The van der Waals surface area contributed by atoms with Gasteiger partial charge in [0.15, 0.2) is 0 Å². The zero-order valence-corrected chi connectivity index (χ0v) is 7.60. The Balaban J connectivity index is 2.84. The van der Waals surface area contributed by atoms with Crippen LogP contribution in [0.4, 0.5) is 0 Å². The van der Waals surface area contributed by atoms with Crippen LogP contribution in [-0.4, -0.2) is 17.1 Å². The van der Waals surface area contributed by atoms with E-state index in [1.165, 1.54) is 11.3 Å². The summed E-state index contributed by atoms with van der Waals surface area (Å²) in [6, 6.07) is 1.63. The second-order valence-corrected chi connectivity index (χ2v) is 3.74. The molecule has 1 unspecified atom stereocenters. The summed E-state index contributed by atoms with van der Waals surface area (Å²) in [5, 5.41) is 10.5. The van der Waals surface area contributed by atoms with E-state index in [2.05, 4.69) is 0 Å². The minimum absolute atomic E-state index is 0.0155. The highest BCUT2D eigenvalue weighted by Crippen LogP contribution is 2.17. The Hall–Kier alpha value is -0.870. The number of thiophene rings is 1. The van der Waals surface area contributed by atoms with Crippen molar-refractivity contribution in [1.82, 2.24) is 0 Å². The molecule has 1 aromatic heterocycles. The number of nitrogens with two attached hydrogens (primary N) is 1. The third-order valence-corrected chi connectivity index (χ3v) is 2.43. The van der Waals surface area contributed by atoms with Crippen molar-refractivity contribution < 1.29 is 9.90 Å². The van der Waals surface area contributed by atoms with Gasteiger partial charge in [-0.15, -0.1) is 11.3 Å². The summed E-state index contributed by atoms with van der Waals surface area (Å²) in [4.78, 5) is 11.5. The highest BCUT2D eigenvalue weighted by molar-refractivity contribution is 7.10. The Bertz CT molecular complexity index is 280. The third-order valence-electron chi connectivity index (χ3n) is 1.48. The molecule has 1 aromatic rings. The quantitative estimate of drug-likeness (QED) is 0.746. The molecular formula is C8H11NO2S. The molecule has 66 valence electrons. The summed E-state index contributed by atoms with van der Waals surface area (Å²) in [5.74, 6) is -0.869. The first-order chi connectivity index (χ1) is 5.61. The minimum Gasteiger partial charge on any atom is -0.478 e. The van der Waals surface area contributed by atoms with E-state index < -0.39 is 5.97 Å². The first-order valence-corrected chi connectivity index (χ1v) is 4.54. The van der Waals surface area contributed by atoms with E-state index in [9.17, 15) is 4.79 Å². The van der Waals surface area contributed by atoms with Crippen molar-refractivity contribution >= 4 is 17.3 Å². The van der Waals surface area contributed by atoms with E-state index >= 15 is 0 Å². The normalized spacial score (nSPS) is 12.8. The minimum atomic E-state index is -0.869. The molecular weight excluding hydrogens is 174 g/mol. The molecule has 0 saturated carbocycles. The maximum atomic E-state index is 10.6. The van der Waals surface area contributed by atoms with Crippen LogP contribution in [-0.2, 0) is 6.42 Å².